The molecule has 2 aromatic carbocycles. The molecule has 0 heterocycles. The highest BCUT2D eigenvalue weighted by atomic mass is 35.5. The molecule has 1 aliphatic carbocycles. The van der Waals surface area contributed by atoms with E-state index in [-0.39, 0.29) is 24.6 Å². The molecule has 0 radical (unpaired) electrons. The van der Waals surface area contributed by atoms with Crippen LogP contribution < -0.4 is 14.8 Å². The van der Waals surface area contributed by atoms with Crippen LogP contribution in [0.3, 0.4) is 0 Å². The Hall–Kier alpha value is -1.75. The van der Waals surface area contributed by atoms with Crippen molar-refractivity contribution in [1.82, 2.24) is 5.32 Å². The summed E-state index contributed by atoms with van der Waals surface area (Å²) < 4.78 is 17.3. The number of benzene rings is 2. The Bertz CT molecular complexity index is 709. The molecule has 2 atom stereocenters. The SMILES string of the molecule is COc1cc([C@@H](C)NCCO[C@@H](C)c2ccccc2)cc(OC)c1C1CC1.Cl. The van der Waals surface area contributed by atoms with Crippen molar-refractivity contribution in [2.75, 3.05) is 27.4 Å². The Morgan fingerprint density at radius 2 is 1.57 bits per heavy atom. The third-order valence-electron chi connectivity index (χ3n) is 5.24. The van der Waals surface area contributed by atoms with Crippen molar-refractivity contribution in [3.63, 3.8) is 0 Å². The third-order valence-corrected chi connectivity index (χ3v) is 5.24. The van der Waals surface area contributed by atoms with Crippen LogP contribution >= 0.6 is 12.4 Å². The first-order valence-corrected chi connectivity index (χ1v) is 9.79. The highest BCUT2D eigenvalue weighted by Crippen LogP contribution is 2.49. The number of halogens is 1. The van der Waals surface area contributed by atoms with E-state index >= 15 is 0 Å². The number of nitrogens with one attached hydrogen (secondary N) is 1. The van der Waals surface area contributed by atoms with Crippen molar-refractivity contribution in [2.45, 2.75) is 44.8 Å². The second kappa shape index (κ2) is 10.7. The molecule has 1 N–H and O–H groups in total. The van der Waals surface area contributed by atoms with E-state index in [4.69, 9.17) is 14.2 Å². The number of methoxy groups -OCH3 is 2. The van der Waals surface area contributed by atoms with E-state index in [1.54, 1.807) is 14.2 Å². The summed E-state index contributed by atoms with van der Waals surface area (Å²) in [6, 6.07) is 14.8. The number of ether oxygens (including phenoxy) is 3. The molecule has 0 aromatic heterocycles. The summed E-state index contributed by atoms with van der Waals surface area (Å²) >= 11 is 0. The molecule has 0 saturated heterocycles. The van der Waals surface area contributed by atoms with Crippen LogP contribution in [0.4, 0.5) is 0 Å². The minimum atomic E-state index is 0. The predicted octanol–water partition coefficient (Wildman–Crippen LogP) is 5.43. The van der Waals surface area contributed by atoms with Gasteiger partial charge in [0.05, 0.1) is 26.9 Å². The maximum atomic E-state index is 5.95. The maximum absolute atomic E-state index is 5.95. The molecule has 5 heteroatoms. The second-order valence-electron chi connectivity index (χ2n) is 7.21. The lowest BCUT2D eigenvalue weighted by atomic mass is 10.0. The second-order valence-corrected chi connectivity index (χ2v) is 7.21. The highest BCUT2D eigenvalue weighted by Gasteiger charge is 2.31. The first kappa shape index (κ1) is 22.5. The normalized spacial score (nSPS) is 15.4. The van der Waals surface area contributed by atoms with Crippen LogP contribution in [0.1, 0.15) is 61.4 Å². The average Bonchev–Trinajstić information content (AvgIpc) is 3.55. The van der Waals surface area contributed by atoms with E-state index in [1.165, 1.54) is 29.5 Å². The lowest BCUT2D eigenvalue weighted by molar-refractivity contribution is 0.0666. The molecule has 0 aliphatic heterocycles. The molecular weight excluding hydrogens is 374 g/mol. The zero-order valence-electron chi connectivity index (χ0n) is 17.2. The molecule has 3 rings (SSSR count). The van der Waals surface area contributed by atoms with Gasteiger partial charge in [0.25, 0.3) is 0 Å². The minimum Gasteiger partial charge on any atom is -0.496 e. The molecule has 1 fully saturated rings. The van der Waals surface area contributed by atoms with E-state index in [9.17, 15) is 0 Å². The molecule has 0 amide bonds. The largest absolute Gasteiger partial charge is 0.496 e. The first-order valence-electron chi connectivity index (χ1n) is 9.79. The molecule has 2 aromatic rings. The fourth-order valence-electron chi connectivity index (χ4n) is 3.43. The van der Waals surface area contributed by atoms with Crippen molar-refractivity contribution in [3.05, 3.63) is 59.2 Å². The van der Waals surface area contributed by atoms with Crippen molar-refractivity contribution in [3.8, 4) is 11.5 Å². The van der Waals surface area contributed by atoms with Gasteiger partial charge in [-0.2, -0.15) is 0 Å². The van der Waals surface area contributed by atoms with Crippen LogP contribution in [0.5, 0.6) is 11.5 Å². The van der Waals surface area contributed by atoms with E-state index in [0.717, 1.165) is 18.0 Å². The zero-order valence-corrected chi connectivity index (χ0v) is 18.1. The van der Waals surface area contributed by atoms with Crippen LogP contribution in [-0.4, -0.2) is 27.4 Å². The van der Waals surface area contributed by atoms with Gasteiger partial charge in [0, 0.05) is 18.2 Å². The quantitative estimate of drug-likeness (QED) is 0.535. The molecule has 1 saturated carbocycles. The number of rotatable bonds is 10. The topological polar surface area (TPSA) is 39.7 Å². The Kier molecular flexibility index (Phi) is 8.61. The van der Waals surface area contributed by atoms with Crippen molar-refractivity contribution in [2.24, 2.45) is 0 Å². The van der Waals surface area contributed by atoms with Gasteiger partial charge in [-0.05, 0) is 55.9 Å². The lowest BCUT2D eigenvalue weighted by Gasteiger charge is -2.20. The highest BCUT2D eigenvalue weighted by molar-refractivity contribution is 5.85. The molecule has 28 heavy (non-hydrogen) atoms. The van der Waals surface area contributed by atoms with Gasteiger partial charge in [0.2, 0.25) is 0 Å². The van der Waals surface area contributed by atoms with Crippen molar-refractivity contribution in [1.29, 1.82) is 0 Å². The first-order chi connectivity index (χ1) is 13.1. The molecule has 1 aliphatic rings. The molecule has 4 nitrogen and oxygen atoms in total. The van der Waals surface area contributed by atoms with E-state index < -0.39 is 0 Å². The summed E-state index contributed by atoms with van der Waals surface area (Å²) in [5.41, 5.74) is 3.59. The molecule has 0 bridgehead atoms. The third kappa shape index (κ3) is 5.63. The monoisotopic (exact) mass is 405 g/mol. The molecule has 0 unspecified atom stereocenters. The zero-order chi connectivity index (χ0) is 19.2. The maximum Gasteiger partial charge on any atom is 0.126 e. The van der Waals surface area contributed by atoms with Crippen molar-refractivity contribution >= 4 is 12.4 Å². The minimum absolute atomic E-state index is 0. The summed E-state index contributed by atoms with van der Waals surface area (Å²) in [5, 5.41) is 3.54. The smallest absolute Gasteiger partial charge is 0.126 e. The fourth-order valence-corrected chi connectivity index (χ4v) is 3.43. The number of hydrogen-bond acceptors (Lipinski definition) is 4. The van der Waals surface area contributed by atoms with Crippen molar-refractivity contribution < 1.29 is 14.2 Å². The lowest BCUT2D eigenvalue weighted by Crippen LogP contribution is -2.24. The van der Waals surface area contributed by atoms with Gasteiger partial charge >= 0.3 is 0 Å². The summed E-state index contributed by atoms with van der Waals surface area (Å²) in [6.45, 7) is 5.69. The summed E-state index contributed by atoms with van der Waals surface area (Å²) in [5.74, 6) is 2.46. The van der Waals surface area contributed by atoms with E-state index in [1.807, 2.05) is 18.2 Å². The Labute approximate surface area is 175 Å². The Morgan fingerprint density at radius 3 is 2.11 bits per heavy atom. The summed E-state index contributed by atoms with van der Waals surface area (Å²) in [4.78, 5) is 0. The predicted molar refractivity (Wildman–Crippen MR) is 116 cm³/mol. The van der Waals surface area contributed by atoms with Gasteiger partial charge in [0.1, 0.15) is 11.5 Å². The Balaban J connectivity index is 0.00000280. The Morgan fingerprint density at radius 1 is 0.964 bits per heavy atom. The van der Waals surface area contributed by atoms with Gasteiger partial charge in [-0.3, -0.25) is 0 Å². The van der Waals surface area contributed by atoms with Crippen LogP contribution in [-0.2, 0) is 4.74 Å². The van der Waals surface area contributed by atoms with Crippen LogP contribution in [0.2, 0.25) is 0 Å². The van der Waals surface area contributed by atoms with Crippen LogP contribution in [0, 0.1) is 0 Å². The van der Waals surface area contributed by atoms with Gasteiger partial charge in [0.15, 0.2) is 0 Å². The van der Waals surface area contributed by atoms with Crippen LogP contribution in [0.15, 0.2) is 42.5 Å². The van der Waals surface area contributed by atoms with Gasteiger partial charge in [-0.15, -0.1) is 12.4 Å². The summed E-state index contributed by atoms with van der Waals surface area (Å²) in [6.07, 6.45) is 2.54. The number of hydrogen-bond donors (Lipinski definition) is 1. The molecular formula is C23H32ClNO3. The van der Waals surface area contributed by atoms with E-state index in [0.29, 0.717) is 12.5 Å². The standard InChI is InChI=1S/C23H31NO3.ClH/c1-16(24-12-13-27-17(2)18-8-6-5-7-9-18)20-14-21(25-3)23(19-10-11-19)22(15-20)26-4;/h5-9,14-17,19,24H,10-13H2,1-4H3;1H/t16-,17+;/m1./s1. The average molecular weight is 406 g/mol. The van der Waals surface area contributed by atoms with Gasteiger partial charge in [-0.1, -0.05) is 30.3 Å². The molecule has 0 spiro atoms. The van der Waals surface area contributed by atoms with Crippen LogP contribution in [0.25, 0.3) is 0 Å². The summed E-state index contributed by atoms with van der Waals surface area (Å²) in [7, 11) is 3.47. The fraction of sp³-hybridized carbons (Fsp3) is 0.478. The van der Waals surface area contributed by atoms with E-state index in [2.05, 4.69) is 43.4 Å². The van der Waals surface area contributed by atoms with Gasteiger partial charge < -0.3 is 19.5 Å². The molecule has 154 valence electrons. The van der Waals surface area contributed by atoms with Gasteiger partial charge in [-0.25, -0.2) is 0 Å².